The fourth-order valence-electron chi connectivity index (χ4n) is 3.12. The zero-order chi connectivity index (χ0) is 13.0. The lowest BCUT2D eigenvalue weighted by Crippen LogP contribution is -2.14. The van der Waals surface area contributed by atoms with Crippen LogP contribution in [0.4, 0.5) is 5.69 Å². The monoisotopic (exact) mass is 247 g/mol. The molecule has 0 bridgehead atoms. The molecule has 0 saturated carbocycles. The second-order valence-corrected chi connectivity index (χ2v) is 5.22. The summed E-state index contributed by atoms with van der Waals surface area (Å²) in [5.74, 6) is 2.44. The van der Waals surface area contributed by atoms with Crippen LogP contribution in [0.1, 0.15) is 51.0 Å². The van der Waals surface area contributed by atoms with E-state index in [2.05, 4.69) is 31.3 Å². The minimum absolute atomic E-state index is 0.659. The molecule has 0 spiro atoms. The van der Waals surface area contributed by atoms with Gasteiger partial charge in [-0.2, -0.15) is 0 Å². The van der Waals surface area contributed by atoms with Crippen LogP contribution in [-0.4, -0.2) is 13.7 Å². The van der Waals surface area contributed by atoms with Crippen LogP contribution in [0.5, 0.6) is 5.75 Å². The smallest absolute Gasteiger partial charge is 0.142 e. The van der Waals surface area contributed by atoms with Crippen LogP contribution in [0.2, 0.25) is 0 Å². The zero-order valence-corrected chi connectivity index (χ0v) is 11.8. The Kier molecular flexibility index (Phi) is 4.51. The van der Waals surface area contributed by atoms with Crippen LogP contribution in [0.3, 0.4) is 0 Å². The van der Waals surface area contributed by atoms with Crippen molar-refractivity contribution >= 4 is 5.69 Å². The number of ether oxygens (including phenoxy) is 1. The van der Waals surface area contributed by atoms with Crippen molar-refractivity contribution in [3.63, 3.8) is 0 Å². The lowest BCUT2D eigenvalue weighted by molar-refractivity contribution is 0.389. The Hall–Kier alpha value is -1.18. The predicted octanol–water partition coefficient (Wildman–Crippen LogP) is 4.42. The van der Waals surface area contributed by atoms with E-state index < -0.39 is 0 Å². The van der Waals surface area contributed by atoms with Gasteiger partial charge in [-0.15, -0.1) is 0 Å². The molecule has 1 aliphatic rings. The van der Waals surface area contributed by atoms with Gasteiger partial charge in [0.1, 0.15) is 5.75 Å². The highest BCUT2D eigenvalue weighted by atomic mass is 16.5. The van der Waals surface area contributed by atoms with Crippen molar-refractivity contribution in [1.29, 1.82) is 0 Å². The van der Waals surface area contributed by atoms with Gasteiger partial charge < -0.3 is 10.1 Å². The Morgan fingerprint density at radius 3 is 2.89 bits per heavy atom. The first-order valence-electron chi connectivity index (χ1n) is 7.22. The summed E-state index contributed by atoms with van der Waals surface area (Å²) < 4.78 is 5.44. The van der Waals surface area contributed by atoms with Crippen LogP contribution in [0.15, 0.2) is 18.2 Å². The molecule has 2 heteroatoms. The van der Waals surface area contributed by atoms with E-state index in [-0.39, 0.29) is 0 Å². The summed E-state index contributed by atoms with van der Waals surface area (Å²) in [5, 5.41) is 3.54. The number of para-hydroxylation sites is 1. The average molecular weight is 247 g/mol. The predicted molar refractivity (Wildman–Crippen MR) is 77.5 cm³/mol. The number of fused-ring (bicyclic) bond motifs is 1. The topological polar surface area (TPSA) is 21.3 Å². The Balaban J connectivity index is 2.19. The van der Waals surface area contributed by atoms with Crippen molar-refractivity contribution < 1.29 is 4.74 Å². The second kappa shape index (κ2) is 6.12. The highest BCUT2D eigenvalue weighted by molar-refractivity contribution is 5.66. The van der Waals surface area contributed by atoms with E-state index in [1.165, 1.54) is 36.9 Å². The third kappa shape index (κ3) is 2.47. The second-order valence-electron chi connectivity index (χ2n) is 5.22. The zero-order valence-electron chi connectivity index (χ0n) is 11.8. The summed E-state index contributed by atoms with van der Waals surface area (Å²) in [6.07, 6.45) is 5.24. The van der Waals surface area contributed by atoms with Crippen molar-refractivity contribution in [2.45, 2.75) is 45.4 Å². The van der Waals surface area contributed by atoms with Gasteiger partial charge in [0.15, 0.2) is 0 Å². The molecule has 2 nitrogen and oxygen atoms in total. The molecule has 0 aliphatic carbocycles. The highest BCUT2D eigenvalue weighted by Crippen LogP contribution is 2.43. The van der Waals surface area contributed by atoms with Gasteiger partial charge in [-0.05, 0) is 24.0 Å². The molecule has 100 valence electrons. The minimum atomic E-state index is 0.659. The van der Waals surface area contributed by atoms with Crippen LogP contribution in [-0.2, 0) is 0 Å². The summed E-state index contributed by atoms with van der Waals surface area (Å²) in [6, 6.07) is 6.42. The largest absolute Gasteiger partial charge is 0.495 e. The number of hydrogen-bond donors (Lipinski definition) is 1. The van der Waals surface area contributed by atoms with Gasteiger partial charge in [-0.1, -0.05) is 45.2 Å². The molecular formula is C16H25NO. The summed E-state index contributed by atoms with van der Waals surface area (Å²) >= 11 is 0. The first-order chi connectivity index (χ1) is 8.81. The summed E-state index contributed by atoms with van der Waals surface area (Å²) in [7, 11) is 1.75. The fourth-order valence-corrected chi connectivity index (χ4v) is 3.12. The Labute approximate surface area is 111 Å². The van der Waals surface area contributed by atoms with Gasteiger partial charge in [0, 0.05) is 12.5 Å². The molecule has 2 atom stereocenters. The van der Waals surface area contributed by atoms with Crippen molar-refractivity contribution in [2.24, 2.45) is 5.92 Å². The van der Waals surface area contributed by atoms with E-state index in [1.54, 1.807) is 7.11 Å². The minimum Gasteiger partial charge on any atom is -0.495 e. The molecule has 18 heavy (non-hydrogen) atoms. The number of benzene rings is 1. The van der Waals surface area contributed by atoms with Gasteiger partial charge in [-0.25, -0.2) is 0 Å². The summed E-state index contributed by atoms with van der Waals surface area (Å²) in [4.78, 5) is 0. The normalized spacial score (nSPS) is 19.2. The Morgan fingerprint density at radius 2 is 2.22 bits per heavy atom. The van der Waals surface area contributed by atoms with Crippen LogP contribution >= 0.6 is 0 Å². The molecule has 2 unspecified atom stereocenters. The molecule has 0 radical (unpaired) electrons. The van der Waals surface area contributed by atoms with Gasteiger partial charge >= 0.3 is 0 Å². The quantitative estimate of drug-likeness (QED) is 0.803. The van der Waals surface area contributed by atoms with E-state index in [0.717, 1.165) is 18.2 Å². The van der Waals surface area contributed by atoms with Crippen molar-refractivity contribution in [3.8, 4) is 5.75 Å². The molecule has 2 rings (SSSR count). The van der Waals surface area contributed by atoms with Crippen LogP contribution < -0.4 is 10.1 Å². The van der Waals surface area contributed by atoms with E-state index in [9.17, 15) is 0 Å². The van der Waals surface area contributed by atoms with Gasteiger partial charge in [0.05, 0.1) is 12.8 Å². The lowest BCUT2D eigenvalue weighted by Gasteiger charge is -2.22. The molecule has 0 aromatic heterocycles. The molecule has 1 aromatic carbocycles. The summed E-state index contributed by atoms with van der Waals surface area (Å²) in [6.45, 7) is 5.66. The molecule has 0 amide bonds. The molecule has 1 aliphatic heterocycles. The molecule has 1 aromatic rings. The van der Waals surface area contributed by atoms with Crippen LogP contribution in [0.25, 0.3) is 0 Å². The first-order valence-corrected chi connectivity index (χ1v) is 7.22. The van der Waals surface area contributed by atoms with Gasteiger partial charge in [0.2, 0.25) is 0 Å². The summed E-state index contributed by atoms with van der Waals surface area (Å²) in [5.41, 5.74) is 2.68. The maximum absolute atomic E-state index is 5.44. The van der Waals surface area contributed by atoms with Gasteiger partial charge in [-0.3, -0.25) is 0 Å². The third-order valence-corrected chi connectivity index (χ3v) is 4.20. The average Bonchev–Trinajstić information content (AvgIpc) is 2.84. The molecule has 1 heterocycles. The number of rotatable bonds is 6. The lowest BCUT2D eigenvalue weighted by atomic mass is 9.82. The van der Waals surface area contributed by atoms with E-state index in [1.807, 2.05) is 6.07 Å². The van der Waals surface area contributed by atoms with Crippen molar-refractivity contribution in [1.82, 2.24) is 0 Å². The third-order valence-electron chi connectivity index (χ3n) is 4.20. The maximum Gasteiger partial charge on any atom is 0.142 e. The molecule has 0 saturated heterocycles. The van der Waals surface area contributed by atoms with E-state index in [0.29, 0.717) is 5.92 Å². The number of anilines is 1. The van der Waals surface area contributed by atoms with Crippen LogP contribution in [0, 0.1) is 5.92 Å². The van der Waals surface area contributed by atoms with E-state index in [4.69, 9.17) is 4.74 Å². The van der Waals surface area contributed by atoms with Crippen molar-refractivity contribution in [2.75, 3.05) is 19.0 Å². The SMILES string of the molecule is CCCCC(CC)C1CNc2c(OC)cccc21. The van der Waals surface area contributed by atoms with E-state index >= 15 is 0 Å². The first kappa shape index (κ1) is 13.3. The van der Waals surface area contributed by atoms with Gasteiger partial charge in [0.25, 0.3) is 0 Å². The van der Waals surface area contributed by atoms with Crippen molar-refractivity contribution in [3.05, 3.63) is 23.8 Å². The molecular weight excluding hydrogens is 222 g/mol. The fraction of sp³-hybridized carbons (Fsp3) is 0.625. The number of methoxy groups -OCH3 is 1. The number of unbranched alkanes of at least 4 members (excludes halogenated alkanes) is 1. The molecule has 1 N–H and O–H groups in total. The highest BCUT2D eigenvalue weighted by Gasteiger charge is 2.29. The Bertz CT molecular complexity index is 389. The standard InChI is InChI=1S/C16H25NO/c1-4-6-8-12(5-2)14-11-17-16-13(14)9-7-10-15(16)18-3/h7,9-10,12,14,17H,4-6,8,11H2,1-3H3. The molecule has 0 fully saturated rings. The number of nitrogens with one attached hydrogen (secondary N) is 1. The maximum atomic E-state index is 5.44. The number of hydrogen-bond acceptors (Lipinski definition) is 2. The Morgan fingerprint density at radius 1 is 1.39 bits per heavy atom.